The Hall–Kier alpha value is -3.17. The minimum Gasteiger partial charge on any atom is -0.271 e. The summed E-state index contributed by atoms with van der Waals surface area (Å²) in [6, 6.07) is 16.2. The Morgan fingerprint density at radius 1 is 1.04 bits per heavy atom. The molecule has 0 aliphatic carbocycles. The second-order valence-corrected chi connectivity index (χ2v) is 5.49. The summed E-state index contributed by atoms with van der Waals surface area (Å²) >= 11 is 5.87. The van der Waals surface area contributed by atoms with Crippen LogP contribution in [0.4, 0.5) is 0 Å². The van der Waals surface area contributed by atoms with Crippen molar-refractivity contribution in [3.8, 4) is 11.8 Å². The third-order valence-corrected chi connectivity index (χ3v) is 3.77. The van der Waals surface area contributed by atoms with Gasteiger partial charge in [-0.15, -0.1) is 0 Å². The summed E-state index contributed by atoms with van der Waals surface area (Å²) in [4.78, 5) is 25.0. The van der Waals surface area contributed by atoms with Crippen molar-refractivity contribution in [2.24, 2.45) is 0 Å². The molecular formula is C17H11ClN4O2. The van der Waals surface area contributed by atoms with Gasteiger partial charge in [0, 0.05) is 5.02 Å². The van der Waals surface area contributed by atoms with Crippen LogP contribution >= 0.6 is 11.6 Å². The Kier molecular flexibility index (Phi) is 4.27. The van der Waals surface area contributed by atoms with Crippen LogP contribution < -0.4 is 11.2 Å². The number of nitrogens with zero attached hydrogens (tertiary/aromatic N) is 3. The molecule has 0 spiro atoms. The quantitative estimate of drug-likeness (QED) is 0.792. The second kappa shape index (κ2) is 6.52. The molecule has 0 amide bonds. The van der Waals surface area contributed by atoms with Gasteiger partial charge in [-0.3, -0.25) is 9.78 Å². The van der Waals surface area contributed by atoms with E-state index < -0.39 is 17.2 Å². The Labute approximate surface area is 141 Å². The minimum atomic E-state index is -0.621. The molecule has 0 aliphatic rings. The third-order valence-electron chi connectivity index (χ3n) is 3.52. The van der Waals surface area contributed by atoms with Crippen molar-refractivity contribution in [2.45, 2.75) is 5.92 Å². The number of aromatic nitrogens is 3. The van der Waals surface area contributed by atoms with E-state index in [4.69, 9.17) is 11.6 Å². The van der Waals surface area contributed by atoms with Crippen molar-refractivity contribution in [3.05, 3.63) is 91.7 Å². The molecule has 0 fully saturated rings. The molecular weight excluding hydrogens is 328 g/mol. The number of rotatable bonds is 3. The molecule has 7 heteroatoms. The standard InChI is InChI=1S/C17H11ClN4O2/c18-13-5-1-11(2-6-13)15(9-19)12-3-7-14(8-4-12)22-17(24)21-16(23)10-20-22/h1-8,10,15H,(H,21,23,24). The van der Waals surface area contributed by atoms with E-state index in [1.165, 1.54) is 0 Å². The van der Waals surface area contributed by atoms with E-state index in [0.717, 1.165) is 22.0 Å². The first-order valence-corrected chi connectivity index (χ1v) is 7.40. The highest BCUT2D eigenvalue weighted by atomic mass is 35.5. The molecule has 1 unspecified atom stereocenters. The van der Waals surface area contributed by atoms with Crippen LogP contribution in [-0.2, 0) is 0 Å². The van der Waals surface area contributed by atoms with Crippen LogP contribution in [-0.4, -0.2) is 14.8 Å². The van der Waals surface area contributed by atoms with E-state index in [1.54, 1.807) is 48.5 Å². The average molecular weight is 339 g/mol. The molecule has 3 aromatic rings. The first-order valence-electron chi connectivity index (χ1n) is 7.02. The zero-order valence-corrected chi connectivity index (χ0v) is 13.1. The number of hydrogen-bond acceptors (Lipinski definition) is 4. The van der Waals surface area contributed by atoms with E-state index in [0.29, 0.717) is 10.7 Å². The molecule has 24 heavy (non-hydrogen) atoms. The number of benzene rings is 2. The maximum atomic E-state index is 11.7. The molecule has 3 rings (SSSR count). The maximum Gasteiger partial charge on any atom is 0.349 e. The first kappa shape index (κ1) is 15.7. The van der Waals surface area contributed by atoms with Gasteiger partial charge in [-0.1, -0.05) is 35.9 Å². The highest BCUT2D eigenvalue weighted by molar-refractivity contribution is 6.30. The fourth-order valence-electron chi connectivity index (χ4n) is 2.34. The highest BCUT2D eigenvalue weighted by Gasteiger charge is 2.13. The lowest BCUT2D eigenvalue weighted by Crippen LogP contribution is -2.30. The topological polar surface area (TPSA) is 91.5 Å². The maximum absolute atomic E-state index is 11.7. The van der Waals surface area contributed by atoms with Gasteiger partial charge in [0.2, 0.25) is 0 Å². The van der Waals surface area contributed by atoms with E-state index in [9.17, 15) is 14.9 Å². The van der Waals surface area contributed by atoms with Gasteiger partial charge < -0.3 is 0 Å². The molecule has 1 aromatic heterocycles. The van der Waals surface area contributed by atoms with Crippen molar-refractivity contribution < 1.29 is 0 Å². The minimum absolute atomic E-state index is 0.448. The lowest BCUT2D eigenvalue weighted by atomic mass is 9.92. The average Bonchev–Trinajstić information content (AvgIpc) is 2.58. The molecule has 0 aliphatic heterocycles. The summed E-state index contributed by atoms with van der Waals surface area (Å²) in [6.45, 7) is 0. The molecule has 1 atom stereocenters. The van der Waals surface area contributed by atoms with Gasteiger partial charge >= 0.3 is 5.69 Å². The Morgan fingerprint density at radius 2 is 1.62 bits per heavy atom. The smallest absolute Gasteiger partial charge is 0.271 e. The van der Waals surface area contributed by atoms with Crippen LogP contribution in [0.15, 0.2) is 64.3 Å². The number of nitrogens with one attached hydrogen (secondary N) is 1. The lowest BCUT2D eigenvalue weighted by molar-refractivity contribution is 0.749. The number of hydrogen-bond donors (Lipinski definition) is 1. The normalized spacial score (nSPS) is 11.7. The third kappa shape index (κ3) is 3.12. The van der Waals surface area contributed by atoms with Gasteiger partial charge in [0.1, 0.15) is 6.20 Å². The SMILES string of the molecule is N#CC(c1ccc(Cl)cc1)c1ccc(-n2ncc(=O)[nH]c2=O)cc1. The van der Waals surface area contributed by atoms with Crippen molar-refractivity contribution in [1.82, 2.24) is 14.8 Å². The monoisotopic (exact) mass is 338 g/mol. The number of nitriles is 1. The summed E-state index contributed by atoms with van der Waals surface area (Å²) in [5, 5.41) is 13.9. The Morgan fingerprint density at radius 3 is 2.17 bits per heavy atom. The van der Waals surface area contributed by atoms with Crippen LogP contribution in [0.3, 0.4) is 0 Å². The molecule has 0 saturated carbocycles. The summed E-state index contributed by atoms with van der Waals surface area (Å²) in [5.74, 6) is -0.448. The summed E-state index contributed by atoms with van der Waals surface area (Å²) < 4.78 is 1.08. The molecule has 1 N–H and O–H groups in total. The van der Waals surface area contributed by atoms with Gasteiger partial charge in [-0.2, -0.15) is 15.0 Å². The predicted molar refractivity (Wildman–Crippen MR) is 89.4 cm³/mol. The largest absolute Gasteiger partial charge is 0.349 e. The summed E-state index contributed by atoms with van der Waals surface area (Å²) in [6.07, 6.45) is 1.03. The number of aromatic amines is 1. The predicted octanol–water partition coefficient (Wildman–Crippen LogP) is 2.23. The van der Waals surface area contributed by atoms with Crippen LogP contribution in [0.2, 0.25) is 5.02 Å². The van der Waals surface area contributed by atoms with Gasteiger partial charge in [0.15, 0.2) is 0 Å². The molecule has 1 heterocycles. The Bertz CT molecular complexity index is 1010. The molecule has 0 saturated heterocycles. The fourth-order valence-corrected chi connectivity index (χ4v) is 2.47. The van der Waals surface area contributed by atoms with Gasteiger partial charge in [0.25, 0.3) is 5.56 Å². The zero-order valence-electron chi connectivity index (χ0n) is 12.3. The van der Waals surface area contributed by atoms with E-state index in [1.807, 2.05) is 0 Å². The van der Waals surface area contributed by atoms with E-state index in [-0.39, 0.29) is 0 Å². The summed E-state index contributed by atoms with van der Waals surface area (Å²) in [7, 11) is 0. The molecule has 0 radical (unpaired) electrons. The van der Waals surface area contributed by atoms with E-state index >= 15 is 0 Å². The zero-order chi connectivity index (χ0) is 17.1. The van der Waals surface area contributed by atoms with Crippen LogP contribution in [0.1, 0.15) is 17.0 Å². The molecule has 6 nitrogen and oxygen atoms in total. The van der Waals surface area contributed by atoms with Crippen molar-refractivity contribution >= 4 is 11.6 Å². The summed E-state index contributed by atoms with van der Waals surface area (Å²) in [5.41, 5.74) is 0.924. The molecule has 118 valence electrons. The van der Waals surface area contributed by atoms with Gasteiger partial charge in [-0.05, 0) is 35.4 Å². The van der Waals surface area contributed by atoms with Gasteiger partial charge in [-0.25, -0.2) is 4.79 Å². The van der Waals surface area contributed by atoms with Crippen molar-refractivity contribution in [3.63, 3.8) is 0 Å². The van der Waals surface area contributed by atoms with Crippen LogP contribution in [0.25, 0.3) is 5.69 Å². The highest BCUT2D eigenvalue weighted by Crippen LogP contribution is 2.25. The first-order chi connectivity index (χ1) is 11.6. The number of halogens is 1. The second-order valence-electron chi connectivity index (χ2n) is 5.06. The van der Waals surface area contributed by atoms with Crippen molar-refractivity contribution in [1.29, 1.82) is 5.26 Å². The van der Waals surface area contributed by atoms with E-state index in [2.05, 4.69) is 16.2 Å². The Balaban J connectivity index is 1.96. The molecule has 2 aromatic carbocycles. The van der Waals surface area contributed by atoms with Crippen molar-refractivity contribution in [2.75, 3.05) is 0 Å². The lowest BCUT2D eigenvalue weighted by Gasteiger charge is -2.11. The van der Waals surface area contributed by atoms with Gasteiger partial charge in [0.05, 0.1) is 17.7 Å². The van der Waals surface area contributed by atoms with Crippen LogP contribution in [0.5, 0.6) is 0 Å². The molecule has 0 bridgehead atoms. The van der Waals surface area contributed by atoms with Crippen LogP contribution in [0, 0.1) is 11.3 Å². The fraction of sp³-hybridized carbons (Fsp3) is 0.0588. The number of H-pyrrole nitrogens is 1.